The molecule has 2 amide bonds. The molecule has 1 aliphatic rings. The highest BCUT2D eigenvalue weighted by atomic mass is 35.5. The summed E-state index contributed by atoms with van der Waals surface area (Å²) in [6, 6.07) is 12.8. The Bertz CT molecular complexity index is 853. The number of amides is 2. The van der Waals surface area contributed by atoms with Gasteiger partial charge in [-0.15, -0.1) is 0 Å². The minimum atomic E-state index is -0.185. The van der Waals surface area contributed by atoms with E-state index < -0.39 is 0 Å². The molecule has 5 nitrogen and oxygen atoms in total. The van der Waals surface area contributed by atoms with Crippen LogP contribution in [0.4, 0.5) is 0 Å². The van der Waals surface area contributed by atoms with Crippen molar-refractivity contribution in [3.05, 3.63) is 64.2 Å². The van der Waals surface area contributed by atoms with Gasteiger partial charge in [-0.2, -0.15) is 0 Å². The summed E-state index contributed by atoms with van der Waals surface area (Å²) in [6.07, 6.45) is 1.06. The molecule has 0 spiro atoms. The van der Waals surface area contributed by atoms with Gasteiger partial charge in [0.1, 0.15) is 5.75 Å². The first-order chi connectivity index (χ1) is 13.0. The van der Waals surface area contributed by atoms with E-state index in [-0.39, 0.29) is 17.9 Å². The molecule has 1 N–H and O–H groups in total. The van der Waals surface area contributed by atoms with Crippen LogP contribution in [0.2, 0.25) is 5.02 Å². The third kappa shape index (κ3) is 4.61. The Kier molecular flexibility index (Phi) is 6.01. The smallest absolute Gasteiger partial charge is 0.251 e. The Labute approximate surface area is 164 Å². The number of ether oxygens (including phenoxy) is 1. The standard InChI is InChI=1S/C21H23ClN2O3/c1-14-18(7-4-8-19(14)27-2)21(26)23-17-12-20(25)24(13-17)10-9-15-5-3-6-16(22)11-15/h3-8,11,17H,9-10,12-13H2,1-2H3,(H,23,26). The quantitative estimate of drug-likeness (QED) is 0.829. The number of hydrogen-bond donors (Lipinski definition) is 1. The van der Waals surface area contributed by atoms with E-state index in [1.165, 1.54) is 0 Å². The molecule has 1 fully saturated rings. The second-order valence-corrected chi connectivity index (χ2v) is 7.16. The average Bonchev–Trinajstić information content (AvgIpc) is 2.99. The van der Waals surface area contributed by atoms with Crippen molar-refractivity contribution in [2.24, 2.45) is 0 Å². The molecule has 142 valence electrons. The fourth-order valence-corrected chi connectivity index (χ4v) is 3.60. The van der Waals surface area contributed by atoms with Crippen LogP contribution in [-0.4, -0.2) is 43.0 Å². The molecular formula is C21H23ClN2O3. The molecule has 0 saturated carbocycles. The van der Waals surface area contributed by atoms with E-state index in [9.17, 15) is 9.59 Å². The maximum atomic E-state index is 12.6. The normalized spacial score (nSPS) is 16.5. The first kappa shape index (κ1) is 19.2. The topological polar surface area (TPSA) is 58.6 Å². The van der Waals surface area contributed by atoms with Crippen molar-refractivity contribution in [1.82, 2.24) is 10.2 Å². The number of rotatable bonds is 6. The van der Waals surface area contributed by atoms with Gasteiger partial charge in [-0.05, 0) is 43.2 Å². The minimum Gasteiger partial charge on any atom is -0.496 e. The van der Waals surface area contributed by atoms with Crippen LogP contribution in [0.3, 0.4) is 0 Å². The molecule has 3 rings (SSSR count). The van der Waals surface area contributed by atoms with Gasteiger partial charge in [0.2, 0.25) is 5.91 Å². The Hall–Kier alpha value is -2.53. The molecule has 0 aromatic heterocycles. The molecule has 0 aliphatic carbocycles. The van der Waals surface area contributed by atoms with Gasteiger partial charge in [0.15, 0.2) is 0 Å². The van der Waals surface area contributed by atoms with Gasteiger partial charge < -0.3 is 15.0 Å². The molecule has 1 saturated heterocycles. The van der Waals surface area contributed by atoms with Crippen LogP contribution in [0.5, 0.6) is 5.75 Å². The van der Waals surface area contributed by atoms with Crippen molar-refractivity contribution in [3.8, 4) is 5.75 Å². The summed E-state index contributed by atoms with van der Waals surface area (Å²) in [4.78, 5) is 26.7. The summed E-state index contributed by atoms with van der Waals surface area (Å²) < 4.78 is 5.27. The minimum absolute atomic E-state index is 0.0599. The van der Waals surface area contributed by atoms with E-state index in [0.29, 0.717) is 35.8 Å². The first-order valence-corrected chi connectivity index (χ1v) is 9.32. The third-order valence-electron chi connectivity index (χ3n) is 4.86. The summed E-state index contributed by atoms with van der Waals surface area (Å²) in [5, 5.41) is 3.67. The van der Waals surface area contributed by atoms with Gasteiger partial charge in [0, 0.05) is 35.7 Å². The number of nitrogens with zero attached hydrogens (tertiary/aromatic N) is 1. The summed E-state index contributed by atoms with van der Waals surface area (Å²) in [5.74, 6) is 0.555. The number of nitrogens with one attached hydrogen (secondary N) is 1. The van der Waals surface area contributed by atoms with E-state index in [0.717, 1.165) is 17.5 Å². The van der Waals surface area contributed by atoms with E-state index >= 15 is 0 Å². The fraction of sp³-hybridized carbons (Fsp3) is 0.333. The SMILES string of the molecule is COc1cccc(C(=O)NC2CC(=O)N(CCc3cccc(Cl)c3)C2)c1C. The second-order valence-electron chi connectivity index (χ2n) is 6.73. The lowest BCUT2D eigenvalue weighted by molar-refractivity contribution is -0.127. The lowest BCUT2D eigenvalue weighted by atomic mass is 10.1. The number of likely N-dealkylation sites (tertiary alicyclic amines) is 1. The molecule has 6 heteroatoms. The molecule has 27 heavy (non-hydrogen) atoms. The average molecular weight is 387 g/mol. The molecule has 1 aliphatic heterocycles. The number of carbonyl (C=O) groups excluding carboxylic acids is 2. The van der Waals surface area contributed by atoms with Crippen molar-refractivity contribution >= 4 is 23.4 Å². The van der Waals surface area contributed by atoms with Gasteiger partial charge >= 0.3 is 0 Å². The van der Waals surface area contributed by atoms with E-state index in [2.05, 4.69) is 5.32 Å². The first-order valence-electron chi connectivity index (χ1n) is 8.94. The van der Waals surface area contributed by atoms with Crippen molar-refractivity contribution < 1.29 is 14.3 Å². The number of halogens is 1. The number of carbonyl (C=O) groups is 2. The van der Waals surface area contributed by atoms with Crippen LogP contribution in [-0.2, 0) is 11.2 Å². The van der Waals surface area contributed by atoms with Crippen molar-refractivity contribution in [3.63, 3.8) is 0 Å². The summed E-state index contributed by atoms with van der Waals surface area (Å²) in [6.45, 7) is 2.99. The number of methoxy groups -OCH3 is 1. The highest BCUT2D eigenvalue weighted by Crippen LogP contribution is 2.21. The molecule has 1 heterocycles. The van der Waals surface area contributed by atoms with E-state index in [1.807, 2.05) is 37.3 Å². The predicted molar refractivity (Wildman–Crippen MR) is 105 cm³/mol. The highest BCUT2D eigenvalue weighted by molar-refractivity contribution is 6.30. The van der Waals surface area contributed by atoms with E-state index in [1.54, 1.807) is 24.1 Å². The predicted octanol–water partition coefficient (Wildman–Crippen LogP) is 3.23. The molecule has 1 atom stereocenters. The third-order valence-corrected chi connectivity index (χ3v) is 5.09. The molecule has 1 unspecified atom stereocenters. The van der Waals surface area contributed by atoms with Gasteiger partial charge in [-0.25, -0.2) is 0 Å². The van der Waals surface area contributed by atoms with Crippen molar-refractivity contribution in [1.29, 1.82) is 0 Å². The Morgan fingerprint density at radius 2 is 2.07 bits per heavy atom. The van der Waals surface area contributed by atoms with Crippen molar-refractivity contribution in [2.75, 3.05) is 20.2 Å². The van der Waals surface area contributed by atoms with Crippen LogP contribution < -0.4 is 10.1 Å². The van der Waals surface area contributed by atoms with Crippen LogP contribution in [0.15, 0.2) is 42.5 Å². The largest absolute Gasteiger partial charge is 0.496 e. The maximum Gasteiger partial charge on any atom is 0.251 e. The van der Waals surface area contributed by atoms with Crippen LogP contribution in [0.1, 0.15) is 27.9 Å². The van der Waals surface area contributed by atoms with Crippen LogP contribution >= 0.6 is 11.6 Å². The Morgan fingerprint density at radius 1 is 1.30 bits per heavy atom. The van der Waals surface area contributed by atoms with Crippen LogP contribution in [0, 0.1) is 6.92 Å². The molecule has 2 aromatic carbocycles. The van der Waals surface area contributed by atoms with Gasteiger partial charge in [0.05, 0.1) is 13.2 Å². The van der Waals surface area contributed by atoms with Gasteiger partial charge in [-0.1, -0.05) is 29.8 Å². The molecular weight excluding hydrogens is 364 g/mol. The molecule has 0 bridgehead atoms. The summed E-state index contributed by atoms with van der Waals surface area (Å²) in [7, 11) is 1.58. The lowest BCUT2D eigenvalue weighted by Crippen LogP contribution is -2.37. The summed E-state index contributed by atoms with van der Waals surface area (Å²) in [5.41, 5.74) is 2.45. The Balaban J connectivity index is 1.58. The van der Waals surface area contributed by atoms with Crippen molar-refractivity contribution in [2.45, 2.75) is 25.8 Å². The molecule has 2 aromatic rings. The van der Waals surface area contributed by atoms with Crippen LogP contribution in [0.25, 0.3) is 0 Å². The zero-order valence-corrected chi connectivity index (χ0v) is 16.3. The number of hydrogen-bond acceptors (Lipinski definition) is 3. The monoisotopic (exact) mass is 386 g/mol. The zero-order chi connectivity index (χ0) is 19.4. The molecule has 0 radical (unpaired) electrons. The van der Waals surface area contributed by atoms with Gasteiger partial charge in [-0.3, -0.25) is 9.59 Å². The second kappa shape index (κ2) is 8.44. The zero-order valence-electron chi connectivity index (χ0n) is 15.5. The van der Waals surface area contributed by atoms with E-state index in [4.69, 9.17) is 16.3 Å². The highest BCUT2D eigenvalue weighted by Gasteiger charge is 2.30. The Morgan fingerprint density at radius 3 is 2.81 bits per heavy atom. The summed E-state index contributed by atoms with van der Waals surface area (Å²) >= 11 is 6.00. The van der Waals surface area contributed by atoms with Gasteiger partial charge in [0.25, 0.3) is 5.91 Å². The fourth-order valence-electron chi connectivity index (χ4n) is 3.39. The maximum absolute atomic E-state index is 12.6. The lowest BCUT2D eigenvalue weighted by Gasteiger charge is -2.18. The number of benzene rings is 2.